The van der Waals surface area contributed by atoms with Crippen LogP contribution in [0.2, 0.25) is 0 Å². The van der Waals surface area contributed by atoms with Gasteiger partial charge < -0.3 is 10.2 Å². The Morgan fingerprint density at radius 1 is 1.10 bits per heavy atom. The average Bonchev–Trinajstić information content (AvgIpc) is 2.77. The van der Waals surface area contributed by atoms with Crippen LogP contribution in [0.25, 0.3) is 0 Å². The molecule has 1 aliphatic rings. The standard InChI is InChI=1S/C16H20N4S/c1-17-14-11-15(19-16(18-14)21-2)20-9-7-12-5-3-4-6-13(12)8-10-20/h3-6,11H,7-10H2,1-2H3,(H,17,18,19). The van der Waals surface area contributed by atoms with E-state index < -0.39 is 0 Å². The van der Waals surface area contributed by atoms with Gasteiger partial charge in [-0.25, -0.2) is 9.97 Å². The van der Waals surface area contributed by atoms with Gasteiger partial charge in [-0.05, 0) is 30.2 Å². The number of rotatable bonds is 3. The van der Waals surface area contributed by atoms with Gasteiger partial charge in [0.05, 0.1) is 0 Å². The maximum Gasteiger partial charge on any atom is 0.191 e. The van der Waals surface area contributed by atoms with Gasteiger partial charge in [0.25, 0.3) is 0 Å². The van der Waals surface area contributed by atoms with Crippen LogP contribution in [0.5, 0.6) is 0 Å². The third-order valence-electron chi connectivity index (χ3n) is 3.88. The maximum absolute atomic E-state index is 4.67. The number of fused-ring (bicyclic) bond motifs is 1. The lowest BCUT2D eigenvalue weighted by Crippen LogP contribution is -2.27. The van der Waals surface area contributed by atoms with Crippen molar-refractivity contribution in [2.45, 2.75) is 18.0 Å². The fourth-order valence-corrected chi connectivity index (χ4v) is 3.07. The summed E-state index contributed by atoms with van der Waals surface area (Å²) in [6.45, 7) is 2.01. The van der Waals surface area contributed by atoms with Crippen molar-refractivity contribution in [3.63, 3.8) is 0 Å². The van der Waals surface area contributed by atoms with Crippen LogP contribution in [0.3, 0.4) is 0 Å². The highest BCUT2D eigenvalue weighted by atomic mass is 32.2. The molecule has 3 rings (SSSR count). The second kappa shape index (κ2) is 6.35. The van der Waals surface area contributed by atoms with E-state index >= 15 is 0 Å². The molecule has 0 amide bonds. The number of nitrogens with one attached hydrogen (secondary N) is 1. The summed E-state index contributed by atoms with van der Waals surface area (Å²) >= 11 is 1.58. The summed E-state index contributed by atoms with van der Waals surface area (Å²) in [6.07, 6.45) is 4.16. The van der Waals surface area contributed by atoms with Crippen LogP contribution in [0.15, 0.2) is 35.5 Å². The van der Waals surface area contributed by atoms with Gasteiger partial charge in [-0.2, -0.15) is 0 Å². The molecule has 5 heteroatoms. The van der Waals surface area contributed by atoms with Gasteiger partial charge in [-0.15, -0.1) is 0 Å². The molecule has 0 radical (unpaired) electrons. The zero-order valence-corrected chi connectivity index (χ0v) is 13.3. The molecule has 21 heavy (non-hydrogen) atoms. The van der Waals surface area contributed by atoms with E-state index in [0.29, 0.717) is 0 Å². The smallest absolute Gasteiger partial charge is 0.191 e. The molecule has 1 aromatic heterocycles. The van der Waals surface area contributed by atoms with Crippen molar-refractivity contribution in [1.82, 2.24) is 9.97 Å². The van der Waals surface area contributed by atoms with E-state index in [2.05, 4.69) is 44.5 Å². The molecule has 0 aliphatic carbocycles. The van der Waals surface area contributed by atoms with E-state index in [1.165, 1.54) is 11.1 Å². The SMILES string of the molecule is CNc1cc(N2CCc3ccccc3CC2)nc(SC)n1. The molecular formula is C16H20N4S. The highest BCUT2D eigenvalue weighted by Gasteiger charge is 2.16. The van der Waals surface area contributed by atoms with Crippen molar-refractivity contribution in [2.24, 2.45) is 0 Å². The van der Waals surface area contributed by atoms with E-state index in [1.54, 1.807) is 11.8 Å². The minimum Gasteiger partial charge on any atom is -0.373 e. The Balaban J connectivity index is 1.85. The quantitative estimate of drug-likeness (QED) is 0.697. The summed E-state index contributed by atoms with van der Waals surface area (Å²) in [7, 11) is 1.90. The normalized spacial score (nSPS) is 14.5. The van der Waals surface area contributed by atoms with Gasteiger partial charge >= 0.3 is 0 Å². The molecule has 1 N–H and O–H groups in total. The van der Waals surface area contributed by atoms with Crippen molar-refractivity contribution < 1.29 is 0 Å². The van der Waals surface area contributed by atoms with Crippen LogP contribution in [0, 0.1) is 0 Å². The molecular weight excluding hydrogens is 280 g/mol. The molecule has 4 nitrogen and oxygen atoms in total. The van der Waals surface area contributed by atoms with Crippen LogP contribution in [0.4, 0.5) is 11.6 Å². The second-order valence-corrected chi connectivity index (χ2v) is 5.88. The summed E-state index contributed by atoms with van der Waals surface area (Å²) in [5.41, 5.74) is 2.93. The number of anilines is 2. The molecule has 0 atom stereocenters. The molecule has 0 saturated carbocycles. The number of hydrogen-bond acceptors (Lipinski definition) is 5. The fraction of sp³-hybridized carbons (Fsp3) is 0.375. The molecule has 0 spiro atoms. The number of nitrogens with zero attached hydrogens (tertiary/aromatic N) is 3. The minimum atomic E-state index is 0.818. The van der Waals surface area contributed by atoms with Crippen molar-refractivity contribution >= 4 is 23.4 Å². The summed E-state index contributed by atoms with van der Waals surface area (Å²) in [4.78, 5) is 11.5. The van der Waals surface area contributed by atoms with E-state index in [1.807, 2.05) is 19.4 Å². The predicted octanol–water partition coefficient (Wildman–Crippen LogP) is 2.85. The predicted molar refractivity (Wildman–Crippen MR) is 89.4 cm³/mol. The molecule has 0 unspecified atom stereocenters. The molecule has 0 saturated heterocycles. The molecule has 110 valence electrons. The van der Waals surface area contributed by atoms with E-state index in [4.69, 9.17) is 0 Å². The van der Waals surface area contributed by atoms with Crippen LogP contribution >= 0.6 is 11.8 Å². The number of aromatic nitrogens is 2. The Morgan fingerprint density at radius 2 is 1.76 bits per heavy atom. The minimum absolute atomic E-state index is 0.818. The van der Waals surface area contributed by atoms with Crippen LogP contribution in [-0.4, -0.2) is 36.4 Å². The van der Waals surface area contributed by atoms with Crippen molar-refractivity contribution in [2.75, 3.05) is 36.6 Å². The maximum atomic E-state index is 4.67. The van der Waals surface area contributed by atoms with Crippen LogP contribution < -0.4 is 10.2 Å². The third-order valence-corrected chi connectivity index (χ3v) is 4.42. The lowest BCUT2D eigenvalue weighted by molar-refractivity contribution is 0.775. The molecule has 2 heterocycles. The summed E-state index contributed by atoms with van der Waals surface area (Å²) < 4.78 is 0. The average molecular weight is 300 g/mol. The number of hydrogen-bond donors (Lipinski definition) is 1. The van der Waals surface area contributed by atoms with Gasteiger partial charge in [0, 0.05) is 26.2 Å². The lowest BCUT2D eigenvalue weighted by atomic mass is 10.0. The lowest BCUT2D eigenvalue weighted by Gasteiger charge is -2.22. The second-order valence-electron chi connectivity index (χ2n) is 5.10. The van der Waals surface area contributed by atoms with Gasteiger partial charge in [0.2, 0.25) is 0 Å². The first kappa shape index (κ1) is 14.2. The number of benzene rings is 1. The molecule has 1 aromatic carbocycles. The molecule has 1 aliphatic heterocycles. The number of thioether (sulfide) groups is 1. The summed E-state index contributed by atoms with van der Waals surface area (Å²) in [6, 6.07) is 10.8. The molecule has 0 fully saturated rings. The van der Waals surface area contributed by atoms with Crippen molar-refractivity contribution in [1.29, 1.82) is 0 Å². The Kier molecular flexibility index (Phi) is 4.29. The topological polar surface area (TPSA) is 41.0 Å². The van der Waals surface area contributed by atoms with Gasteiger partial charge in [-0.3, -0.25) is 0 Å². The zero-order chi connectivity index (χ0) is 14.7. The summed E-state index contributed by atoms with van der Waals surface area (Å²) in [5, 5.41) is 3.94. The van der Waals surface area contributed by atoms with Crippen LogP contribution in [-0.2, 0) is 12.8 Å². The highest BCUT2D eigenvalue weighted by molar-refractivity contribution is 7.98. The van der Waals surface area contributed by atoms with Gasteiger partial charge in [0.15, 0.2) is 5.16 Å². The van der Waals surface area contributed by atoms with E-state index in [9.17, 15) is 0 Å². The van der Waals surface area contributed by atoms with Crippen molar-refractivity contribution in [3.05, 3.63) is 41.5 Å². The first-order valence-corrected chi connectivity index (χ1v) is 8.45. The van der Waals surface area contributed by atoms with Gasteiger partial charge in [0.1, 0.15) is 11.6 Å². The van der Waals surface area contributed by atoms with Gasteiger partial charge in [-0.1, -0.05) is 36.0 Å². The first-order valence-electron chi connectivity index (χ1n) is 7.22. The Morgan fingerprint density at radius 3 is 2.33 bits per heavy atom. The fourth-order valence-electron chi connectivity index (χ4n) is 2.69. The van der Waals surface area contributed by atoms with E-state index in [0.717, 1.165) is 42.7 Å². The van der Waals surface area contributed by atoms with E-state index in [-0.39, 0.29) is 0 Å². The summed E-state index contributed by atoms with van der Waals surface area (Å²) in [5.74, 6) is 1.90. The Hall–Kier alpha value is -1.75. The first-order chi connectivity index (χ1) is 10.3. The Labute approximate surface area is 130 Å². The Bertz CT molecular complexity index is 580. The largest absolute Gasteiger partial charge is 0.373 e. The van der Waals surface area contributed by atoms with Crippen LogP contribution in [0.1, 0.15) is 11.1 Å². The highest BCUT2D eigenvalue weighted by Crippen LogP contribution is 2.23. The zero-order valence-electron chi connectivity index (χ0n) is 12.5. The monoisotopic (exact) mass is 300 g/mol. The third kappa shape index (κ3) is 3.13. The molecule has 0 bridgehead atoms. The van der Waals surface area contributed by atoms with Crippen molar-refractivity contribution in [3.8, 4) is 0 Å². The molecule has 2 aromatic rings.